The zero-order chi connectivity index (χ0) is 19.0. The summed E-state index contributed by atoms with van der Waals surface area (Å²) < 4.78 is 5.90. The molecule has 27 heavy (non-hydrogen) atoms. The number of hydrogen-bond donors (Lipinski definition) is 1. The van der Waals surface area contributed by atoms with Crippen molar-refractivity contribution in [3.63, 3.8) is 0 Å². The molecule has 2 aliphatic rings. The molecular weight excluding hydrogens is 346 g/mol. The molecule has 0 radical (unpaired) electrons. The lowest BCUT2D eigenvalue weighted by Crippen LogP contribution is -2.46. The van der Waals surface area contributed by atoms with Crippen LogP contribution in [0.5, 0.6) is 0 Å². The number of anilines is 3. The molecule has 4 rings (SSSR count). The summed E-state index contributed by atoms with van der Waals surface area (Å²) in [6.07, 6.45) is 2.20. The number of nitrogens with zero attached hydrogens (tertiary/aromatic N) is 8. The molecule has 3 heterocycles. The van der Waals surface area contributed by atoms with Crippen LogP contribution in [0.4, 0.5) is 17.8 Å². The van der Waals surface area contributed by atoms with Gasteiger partial charge in [-0.1, -0.05) is 0 Å². The van der Waals surface area contributed by atoms with Gasteiger partial charge in [0, 0.05) is 46.2 Å². The van der Waals surface area contributed by atoms with E-state index in [0.29, 0.717) is 41.7 Å². The molecular formula is C17H23N9O. The molecule has 1 aliphatic heterocycles. The van der Waals surface area contributed by atoms with Gasteiger partial charge in [0.1, 0.15) is 11.9 Å². The zero-order valence-corrected chi connectivity index (χ0v) is 15.6. The van der Waals surface area contributed by atoms with Crippen molar-refractivity contribution in [3.8, 4) is 6.07 Å². The third-order valence-corrected chi connectivity index (χ3v) is 4.77. The van der Waals surface area contributed by atoms with E-state index in [1.807, 2.05) is 19.0 Å². The summed E-state index contributed by atoms with van der Waals surface area (Å²) in [5, 5.41) is 9.36. The van der Waals surface area contributed by atoms with Gasteiger partial charge in [-0.05, 0) is 12.8 Å². The maximum atomic E-state index is 9.36. The minimum Gasteiger partial charge on any atom is -0.423 e. The van der Waals surface area contributed by atoms with E-state index in [1.54, 1.807) is 0 Å². The third kappa shape index (κ3) is 3.78. The van der Waals surface area contributed by atoms with E-state index in [9.17, 15) is 5.26 Å². The Morgan fingerprint density at radius 1 is 1.15 bits per heavy atom. The summed E-state index contributed by atoms with van der Waals surface area (Å²) in [4.78, 5) is 23.4. The third-order valence-electron chi connectivity index (χ3n) is 4.77. The lowest BCUT2D eigenvalue weighted by molar-refractivity contribution is 0.240. The Kier molecular flexibility index (Phi) is 4.53. The molecule has 1 aliphatic carbocycles. The van der Waals surface area contributed by atoms with Gasteiger partial charge in [0.2, 0.25) is 29.4 Å². The lowest BCUT2D eigenvalue weighted by atomic mass is 10.3. The van der Waals surface area contributed by atoms with Gasteiger partial charge in [-0.3, -0.25) is 4.90 Å². The number of nitriles is 1. The van der Waals surface area contributed by atoms with Crippen molar-refractivity contribution >= 4 is 17.8 Å². The monoisotopic (exact) mass is 369 g/mol. The summed E-state index contributed by atoms with van der Waals surface area (Å²) >= 11 is 0. The summed E-state index contributed by atoms with van der Waals surface area (Å²) in [5.74, 6) is 3.17. The SMILES string of the molecule is CN(C)c1nc(N)nc(CN2CCN(c3oc(C4CC4)nc3C#N)CC2)n1. The molecule has 1 saturated heterocycles. The second kappa shape index (κ2) is 7.00. The maximum Gasteiger partial charge on any atom is 0.234 e. The van der Waals surface area contributed by atoms with Crippen LogP contribution in [0.3, 0.4) is 0 Å². The van der Waals surface area contributed by atoms with E-state index < -0.39 is 0 Å². The van der Waals surface area contributed by atoms with Crippen molar-refractivity contribution in [2.75, 3.05) is 55.8 Å². The molecule has 0 bridgehead atoms. The molecule has 10 heteroatoms. The number of aromatic nitrogens is 4. The van der Waals surface area contributed by atoms with Crippen LogP contribution in [-0.2, 0) is 6.54 Å². The van der Waals surface area contributed by atoms with Gasteiger partial charge in [0.05, 0.1) is 6.54 Å². The van der Waals surface area contributed by atoms with Crippen LogP contribution in [0, 0.1) is 11.3 Å². The molecule has 2 fully saturated rings. The molecule has 0 aromatic carbocycles. The molecule has 2 aromatic heterocycles. The molecule has 0 atom stereocenters. The predicted octanol–water partition coefficient (Wildman–Crippen LogP) is 0.579. The first-order valence-electron chi connectivity index (χ1n) is 9.09. The minimum absolute atomic E-state index is 0.232. The standard InChI is InChI=1S/C17H23N9O/c1-24(2)17-22-13(21-16(19)23-17)10-25-5-7-26(8-6-25)15-12(9-18)20-14(27-15)11-3-4-11/h11H,3-8,10H2,1-2H3,(H2,19,21,22,23). The van der Waals surface area contributed by atoms with Crippen molar-refractivity contribution in [3.05, 3.63) is 17.4 Å². The summed E-state index contributed by atoms with van der Waals surface area (Å²) in [6.45, 7) is 3.75. The van der Waals surface area contributed by atoms with Gasteiger partial charge < -0.3 is 20.0 Å². The molecule has 2 aromatic rings. The Balaban J connectivity index is 1.40. The van der Waals surface area contributed by atoms with Gasteiger partial charge in [-0.2, -0.15) is 20.2 Å². The Morgan fingerprint density at radius 3 is 2.52 bits per heavy atom. The van der Waals surface area contributed by atoms with Crippen molar-refractivity contribution < 1.29 is 4.42 Å². The Hall–Kier alpha value is -2.93. The van der Waals surface area contributed by atoms with Gasteiger partial charge in [-0.15, -0.1) is 0 Å². The van der Waals surface area contributed by atoms with Crippen LogP contribution in [0.25, 0.3) is 0 Å². The predicted molar refractivity (Wildman–Crippen MR) is 99.2 cm³/mol. The first kappa shape index (κ1) is 17.5. The molecule has 0 amide bonds. The highest BCUT2D eigenvalue weighted by Crippen LogP contribution is 2.41. The lowest BCUT2D eigenvalue weighted by Gasteiger charge is -2.34. The van der Waals surface area contributed by atoms with Gasteiger partial charge in [-0.25, -0.2) is 4.98 Å². The van der Waals surface area contributed by atoms with Gasteiger partial charge in [0.15, 0.2) is 0 Å². The Morgan fingerprint density at radius 2 is 1.89 bits per heavy atom. The summed E-state index contributed by atoms with van der Waals surface area (Å²) in [7, 11) is 3.74. The number of nitrogen functional groups attached to an aromatic ring is 1. The molecule has 2 N–H and O–H groups in total. The molecule has 10 nitrogen and oxygen atoms in total. The maximum absolute atomic E-state index is 9.36. The quantitative estimate of drug-likeness (QED) is 0.800. The number of piperazine rings is 1. The summed E-state index contributed by atoms with van der Waals surface area (Å²) in [6, 6.07) is 2.16. The average molecular weight is 369 g/mol. The second-order valence-electron chi connectivity index (χ2n) is 7.16. The number of rotatable bonds is 5. The minimum atomic E-state index is 0.232. The first-order valence-corrected chi connectivity index (χ1v) is 9.09. The largest absolute Gasteiger partial charge is 0.423 e. The Bertz CT molecular complexity index is 860. The van der Waals surface area contributed by atoms with E-state index in [0.717, 1.165) is 39.0 Å². The van der Waals surface area contributed by atoms with Crippen LogP contribution in [-0.4, -0.2) is 65.1 Å². The highest BCUT2D eigenvalue weighted by Gasteiger charge is 2.32. The fraction of sp³-hybridized carbons (Fsp3) is 0.588. The first-order chi connectivity index (χ1) is 13.0. The van der Waals surface area contributed by atoms with Crippen molar-refractivity contribution in [1.29, 1.82) is 5.26 Å². The fourth-order valence-electron chi connectivity index (χ4n) is 3.13. The van der Waals surface area contributed by atoms with E-state index in [4.69, 9.17) is 10.2 Å². The molecule has 142 valence electrons. The molecule has 0 unspecified atom stereocenters. The fourth-order valence-corrected chi connectivity index (χ4v) is 3.13. The van der Waals surface area contributed by atoms with Crippen LogP contribution in [0.1, 0.15) is 36.2 Å². The van der Waals surface area contributed by atoms with Crippen LogP contribution in [0.2, 0.25) is 0 Å². The van der Waals surface area contributed by atoms with Crippen molar-refractivity contribution in [2.45, 2.75) is 25.3 Å². The van der Waals surface area contributed by atoms with E-state index >= 15 is 0 Å². The van der Waals surface area contributed by atoms with E-state index in [-0.39, 0.29) is 5.95 Å². The Labute approximate surface area is 157 Å². The van der Waals surface area contributed by atoms with Crippen LogP contribution in [0.15, 0.2) is 4.42 Å². The normalized spacial score (nSPS) is 17.7. The molecule has 1 saturated carbocycles. The topological polar surface area (TPSA) is 124 Å². The highest BCUT2D eigenvalue weighted by molar-refractivity contribution is 5.48. The molecule has 0 spiro atoms. The highest BCUT2D eigenvalue weighted by atomic mass is 16.4. The smallest absolute Gasteiger partial charge is 0.234 e. The number of nitrogens with two attached hydrogens (primary N) is 1. The second-order valence-corrected chi connectivity index (χ2v) is 7.16. The van der Waals surface area contributed by atoms with Gasteiger partial charge in [0.25, 0.3) is 0 Å². The average Bonchev–Trinajstić information content (AvgIpc) is 3.41. The van der Waals surface area contributed by atoms with Gasteiger partial charge >= 0.3 is 0 Å². The number of oxazole rings is 1. The van der Waals surface area contributed by atoms with E-state index in [2.05, 4.69) is 35.8 Å². The van der Waals surface area contributed by atoms with Crippen molar-refractivity contribution in [1.82, 2.24) is 24.8 Å². The van der Waals surface area contributed by atoms with Crippen molar-refractivity contribution in [2.24, 2.45) is 0 Å². The van der Waals surface area contributed by atoms with Crippen LogP contribution >= 0.6 is 0 Å². The number of hydrogen-bond acceptors (Lipinski definition) is 10. The van der Waals surface area contributed by atoms with E-state index in [1.165, 1.54) is 0 Å². The zero-order valence-electron chi connectivity index (χ0n) is 15.6. The summed E-state index contributed by atoms with van der Waals surface area (Å²) in [5.41, 5.74) is 6.19. The van der Waals surface area contributed by atoms with Crippen LogP contribution < -0.4 is 15.5 Å².